The minimum Gasteiger partial charge on any atom is -0.369 e. The normalized spacial score (nSPS) is 14.7. The van der Waals surface area contributed by atoms with Crippen LogP contribution >= 0.6 is 0 Å². The highest BCUT2D eigenvalue weighted by Gasteiger charge is 2.30. The molecule has 1 aliphatic rings. The van der Waals surface area contributed by atoms with Gasteiger partial charge in [-0.15, -0.1) is 0 Å². The van der Waals surface area contributed by atoms with E-state index >= 15 is 0 Å². The van der Waals surface area contributed by atoms with Crippen molar-refractivity contribution in [2.45, 2.75) is 13.1 Å². The number of alkyl halides is 3. The number of rotatable bonds is 1. The predicted octanol–water partition coefficient (Wildman–Crippen LogP) is 4.14. The lowest BCUT2D eigenvalue weighted by atomic mass is 10.1. The summed E-state index contributed by atoms with van der Waals surface area (Å²) in [5.41, 5.74) is 2.90. The molecule has 4 nitrogen and oxygen atoms in total. The Morgan fingerprint density at radius 1 is 1.04 bits per heavy atom. The van der Waals surface area contributed by atoms with Crippen molar-refractivity contribution < 1.29 is 17.6 Å². The summed E-state index contributed by atoms with van der Waals surface area (Å²) in [7, 11) is 2.04. The van der Waals surface area contributed by atoms with Crippen molar-refractivity contribution in [1.29, 1.82) is 0 Å². The van der Waals surface area contributed by atoms with Gasteiger partial charge in [0.05, 0.1) is 22.9 Å². The Balaban J connectivity index is 0.000000169. The van der Waals surface area contributed by atoms with Crippen molar-refractivity contribution in [3.63, 3.8) is 0 Å². The summed E-state index contributed by atoms with van der Waals surface area (Å²) in [5, 5.41) is 3.37. The van der Waals surface area contributed by atoms with E-state index in [4.69, 9.17) is 0 Å². The topological polar surface area (TPSA) is 33.1 Å². The van der Waals surface area contributed by atoms with E-state index in [1.165, 1.54) is 18.1 Å². The summed E-state index contributed by atoms with van der Waals surface area (Å²) < 4.78 is 50.5. The summed E-state index contributed by atoms with van der Waals surface area (Å²) in [6, 6.07) is 8.94. The van der Waals surface area contributed by atoms with E-state index in [2.05, 4.69) is 38.0 Å². The van der Waals surface area contributed by atoms with E-state index < -0.39 is 17.6 Å². The van der Waals surface area contributed by atoms with Gasteiger partial charge in [-0.2, -0.15) is 13.2 Å². The lowest BCUT2D eigenvalue weighted by Crippen LogP contribution is -2.43. The van der Waals surface area contributed by atoms with E-state index in [1.807, 2.05) is 13.4 Å². The molecule has 4 rings (SSSR count). The summed E-state index contributed by atoms with van der Waals surface area (Å²) >= 11 is 0. The molecule has 1 aliphatic heterocycles. The number of nitrogens with zero attached hydrogens (tertiary/aromatic N) is 3. The molecule has 0 amide bonds. The third-order valence-electron chi connectivity index (χ3n) is 4.56. The predicted molar refractivity (Wildman–Crippen MR) is 102 cm³/mol. The molecule has 1 fully saturated rings. The fourth-order valence-electron chi connectivity index (χ4n) is 3.13. The first-order valence-electron chi connectivity index (χ1n) is 8.95. The number of anilines is 1. The van der Waals surface area contributed by atoms with Crippen molar-refractivity contribution in [1.82, 2.24) is 14.9 Å². The van der Waals surface area contributed by atoms with Crippen molar-refractivity contribution in [2.75, 3.05) is 31.1 Å². The fraction of sp³-hybridized carbons (Fsp3) is 0.350. The molecule has 0 saturated carbocycles. The van der Waals surface area contributed by atoms with Gasteiger partial charge >= 0.3 is 6.18 Å². The van der Waals surface area contributed by atoms with Crippen molar-refractivity contribution >= 4 is 16.7 Å². The van der Waals surface area contributed by atoms with Gasteiger partial charge in [-0.25, -0.2) is 9.37 Å². The van der Waals surface area contributed by atoms with E-state index in [9.17, 15) is 17.6 Å². The molecular formula is C20H22F4N4. The number of imidazole rings is 1. The number of nitrogens with one attached hydrogen (secondary N) is 1. The third kappa shape index (κ3) is 4.81. The highest BCUT2D eigenvalue weighted by molar-refractivity contribution is 5.79. The van der Waals surface area contributed by atoms with Crippen LogP contribution in [-0.4, -0.2) is 35.7 Å². The van der Waals surface area contributed by atoms with Crippen LogP contribution in [0.15, 0.2) is 42.7 Å². The molecule has 0 bridgehead atoms. The molecule has 1 N–H and O–H groups in total. The fourth-order valence-corrected chi connectivity index (χ4v) is 3.13. The zero-order valence-corrected chi connectivity index (χ0v) is 15.7. The molecule has 0 unspecified atom stereocenters. The molecule has 0 radical (unpaired) electrons. The summed E-state index contributed by atoms with van der Waals surface area (Å²) in [6.45, 7) is 5.73. The van der Waals surface area contributed by atoms with Crippen molar-refractivity contribution in [2.24, 2.45) is 7.05 Å². The number of halogens is 4. The zero-order valence-electron chi connectivity index (χ0n) is 15.7. The molecule has 28 heavy (non-hydrogen) atoms. The quantitative estimate of drug-likeness (QED) is 0.630. The van der Waals surface area contributed by atoms with Gasteiger partial charge < -0.3 is 14.8 Å². The highest BCUT2D eigenvalue weighted by atomic mass is 19.4. The SMILES string of the molecule is Cc1cc(F)cc(C(F)(F)F)c1.Cn1cnc2ccc(N3CCNCC3)cc21. The number of benzene rings is 2. The lowest BCUT2D eigenvalue weighted by Gasteiger charge is -2.29. The Bertz CT molecular complexity index is 923. The Kier molecular flexibility index (Phi) is 5.88. The molecule has 0 aliphatic carbocycles. The molecule has 2 aromatic carbocycles. The molecule has 3 aromatic rings. The van der Waals surface area contributed by atoms with Gasteiger partial charge in [-0.3, -0.25) is 0 Å². The number of aromatic nitrogens is 2. The van der Waals surface area contributed by atoms with Crippen LogP contribution in [0.5, 0.6) is 0 Å². The van der Waals surface area contributed by atoms with Crippen LogP contribution in [0.25, 0.3) is 11.0 Å². The second-order valence-electron chi connectivity index (χ2n) is 6.78. The van der Waals surface area contributed by atoms with Gasteiger partial charge in [0.15, 0.2) is 0 Å². The minimum absolute atomic E-state index is 0.266. The van der Waals surface area contributed by atoms with Crippen LogP contribution < -0.4 is 10.2 Å². The Morgan fingerprint density at radius 2 is 1.75 bits per heavy atom. The first-order chi connectivity index (χ1) is 13.2. The van der Waals surface area contributed by atoms with Crippen molar-refractivity contribution in [3.8, 4) is 0 Å². The average molecular weight is 394 g/mol. The molecule has 1 aromatic heterocycles. The molecule has 8 heteroatoms. The van der Waals surface area contributed by atoms with Gasteiger partial charge in [0.1, 0.15) is 5.82 Å². The molecule has 0 atom stereocenters. The van der Waals surface area contributed by atoms with Gasteiger partial charge in [0.25, 0.3) is 0 Å². The third-order valence-corrected chi connectivity index (χ3v) is 4.56. The van der Waals surface area contributed by atoms with Crippen LogP contribution in [0.3, 0.4) is 0 Å². The summed E-state index contributed by atoms with van der Waals surface area (Å²) in [4.78, 5) is 6.76. The van der Waals surface area contributed by atoms with Crippen LogP contribution in [-0.2, 0) is 13.2 Å². The highest BCUT2D eigenvalue weighted by Crippen LogP contribution is 2.30. The van der Waals surface area contributed by atoms with Crippen LogP contribution in [0.1, 0.15) is 11.1 Å². The average Bonchev–Trinajstić information content (AvgIpc) is 3.02. The number of fused-ring (bicyclic) bond motifs is 1. The zero-order chi connectivity index (χ0) is 20.3. The smallest absolute Gasteiger partial charge is 0.369 e. The number of hydrogen-bond donors (Lipinski definition) is 1. The van der Waals surface area contributed by atoms with E-state index in [0.717, 1.165) is 43.8 Å². The Hall–Kier alpha value is -2.61. The molecule has 2 heterocycles. The Morgan fingerprint density at radius 3 is 2.39 bits per heavy atom. The molecule has 0 spiro atoms. The Labute approximate surface area is 160 Å². The van der Waals surface area contributed by atoms with Crippen molar-refractivity contribution in [3.05, 3.63) is 59.7 Å². The summed E-state index contributed by atoms with van der Waals surface area (Å²) in [6.07, 6.45) is -2.60. The van der Waals surface area contributed by atoms with Crippen LogP contribution in [0.2, 0.25) is 0 Å². The van der Waals surface area contributed by atoms with Gasteiger partial charge in [-0.05, 0) is 48.9 Å². The van der Waals surface area contributed by atoms with E-state index in [0.29, 0.717) is 6.07 Å². The van der Waals surface area contributed by atoms with Crippen LogP contribution in [0, 0.1) is 12.7 Å². The monoisotopic (exact) mass is 394 g/mol. The van der Waals surface area contributed by atoms with Gasteiger partial charge in [0, 0.05) is 38.9 Å². The minimum atomic E-state index is -4.47. The second kappa shape index (κ2) is 8.18. The lowest BCUT2D eigenvalue weighted by molar-refractivity contribution is -0.137. The maximum absolute atomic E-state index is 12.5. The van der Waals surface area contributed by atoms with Gasteiger partial charge in [0.2, 0.25) is 0 Å². The molecular weight excluding hydrogens is 372 g/mol. The number of aryl methyl sites for hydroxylation is 2. The van der Waals surface area contributed by atoms with Gasteiger partial charge in [-0.1, -0.05) is 0 Å². The second-order valence-corrected chi connectivity index (χ2v) is 6.78. The first kappa shape index (κ1) is 20.1. The molecule has 1 saturated heterocycles. The largest absolute Gasteiger partial charge is 0.416 e. The molecule has 150 valence electrons. The maximum atomic E-state index is 12.5. The van der Waals surface area contributed by atoms with E-state index in [-0.39, 0.29) is 5.56 Å². The summed E-state index contributed by atoms with van der Waals surface area (Å²) in [5.74, 6) is -0.859. The number of hydrogen-bond acceptors (Lipinski definition) is 3. The number of piperazine rings is 1. The first-order valence-corrected chi connectivity index (χ1v) is 8.95. The standard InChI is InChI=1S/C12H16N4.C8H6F4/c1-15-9-14-11-3-2-10(8-12(11)15)16-6-4-13-5-7-16;1-5-2-6(8(10,11)12)4-7(9)3-5/h2-3,8-9,13H,4-7H2,1H3;2-4H,1H3. The van der Waals surface area contributed by atoms with Crippen LogP contribution in [0.4, 0.5) is 23.2 Å². The van der Waals surface area contributed by atoms with E-state index in [1.54, 1.807) is 0 Å². The maximum Gasteiger partial charge on any atom is 0.416 e.